The maximum atomic E-state index is 2.47. The summed E-state index contributed by atoms with van der Waals surface area (Å²) in [6, 6.07) is 0. The van der Waals surface area contributed by atoms with Crippen molar-refractivity contribution in [3.63, 3.8) is 0 Å². The van der Waals surface area contributed by atoms with E-state index in [0.717, 1.165) is 0 Å². The molecule has 0 atom stereocenters. The van der Waals surface area contributed by atoms with Gasteiger partial charge in [0.1, 0.15) is 8.24 Å². The normalized spacial score (nSPS) is 11.6. The first kappa shape index (κ1) is 11.7. The van der Waals surface area contributed by atoms with Gasteiger partial charge in [-0.2, -0.15) is 0 Å². The average molecular weight is 141 g/mol. The van der Waals surface area contributed by atoms with Gasteiger partial charge in [0, 0.05) is 0 Å². The van der Waals surface area contributed by atoms with Crippen LogP contribution in [0.1, 0.15) is 1.43 Å². The molecule has 0 heterocycles. The number of nitrogens with zero attached hydrogens (tertiary/aromatic N) is 1. The first-order valence-corrected chi connectivity index (χ1v) is 6.96. The second-order valence-electron chi connectivity index (χ2n) is 3.07. The largest absolute Gasteiger partial charge is 1.00 e. The van der Waals surface area contributed by atoms with E-state index in [1.165, 1.54) is 10.4 Å². The minimum absolute atomic E-state index is 0. The number of rotatable bonds is 1. The fourth-order valence-electron chi connectivity index (χ4n) is 0. The van der Waals surface area contributed by atoms with Crippen LogP contribution in [-0.4, -0.2) is 29.9 Å². The third-order valence-corrected chi connectivity index (χ3v) is 8.05. The van der Waals surface area contributed by atoms with Gasteiger partial charge in [-0.1, -0.05) is 19.6 Å². The zero-order chi connectivity index (χ0) is 6.08. The van der Waals surface area contributed by atoms with E-state index < -0.39 is 8.24 Å². The number of hydrogen-bond donors (Lipinski definition) is 0. The van der Waals surface area contributed by atoms with E-state index in [2.05, 4.69) is 30.9 Å². The van der Waals surface area contributed by atoms with Crippen LogP contribution in [0.2, 0.25) is 19.6 Å². The minimum atomic E-state index is -0.840. The van der Waals surface area contributed by atoms with Crippen molar-refractivity contribution in [2.75, 3.05) is 7.05 Å². The first-order valence-electron chi connectivity index (χ1n) is 2.62. The fourth-order valence-corrected chi connectivity index (χ4v) is 0. The van der Waals surface area contributed by atoms with Crippen molar-refractivity contribution >= 4 is 18.6 Å². The van der Waals surface area contributed by atoms with Crippen LogP contribution < -0.4 is 18.9 Å². The van der Waals surface area contributed by atoms with Crippen LogP contribution in [-0.2, 0) is 0 Å². The maximum Gasteiger partial charge on any atom is 1.00 e. The van der Waals surface area contributed by atoms with E-state index in [4.69, 9.17) is 0 Å². The Hall–Kier alpha value is 0.991. The summed E-state index contributed by atoms with van der Waals surface area (Å²) in [6.45, 7) is 7.08. The molecular formula is C4H16LiNSi2. The topological polar surface area (TPSA) is 3.24 Å². The molecule has 0 rings (SSSR count). The zero-order valence-corrected chi connectivity index (χ0v) is 9.95. The summed E-state index contributed by atoms with van der Waals surface area (Å²) in [5, 5.41) is 0. The molecule has 0 aliphatic carbocycles. The molecule has 0 bridgehead atoms. The van der Waals surface area contributed by atoms with E-state index in [-0.39, 0.29) is 20.3 Å². The van der Waals surface area contributed by atoms with Crippen molar-refractivity contribution in [3.8, 4) is 0 Å². The third-order valence-electron chi connectivity index (χ3n) is 1.34. The molecule has 0 N–H and O–H groups in total. The fraction of sp³-hybridized carbons (Fsp3) is 1.00. The van der Waals surface area contributed by atoms with Crippen LogP contribution in [0.5, 0.6) is 0 Å². The Morgan fingerprint density at radius 3 is 1.50 bits per heavy atom. The Kier molecular flexibility index (Phi) is 5.75. The van der Waals surface area contributed by atoms with E-state index in [1.54, 1.807) is 0 Å². The molecule has 0 radical (unpaired) electrons. The van der Waals surface area contributed by atoms with Crippen molar-refractivity contribution in [1.82, 2.24) is 4.23 Å². The predicted octanol–water partition coefficient (Wildman–Crippen LogP) is -2.85. The van der Waals surface area contributed by atoms with Crippen LogP contribution in [0.3, 0.4) is 0 Å². The summed E-state index contributed by atoms with van der Waals surface area (Å²) in [4.78, 5) is 0. The van der Waals surface area contributed by atoms with Gasteiger partial charge in [-0.25, -0.2) is 0 Å². The molecule has 0 fully saturated rings. The molecule has 1 nitrogen and oxygen atoms in total. The Morgan fingerprint density at radius 2 is 1.50 bits per heavy atom. The number of hydrogen-bond acceptors (Lipinski definition) is 1. The average Bonchev–Trinajstić information content (AvgIpc) is 1.31. The standard InChI is InChI=1S/C4H15NSi2.Li.H/c1-5(6)7(2,3)4;;/h1-4,6H3;;/q;+1;-1. The summed E-state index contributed by atoms with van der Waals surface area (Å²) in [5.41, 5.74) is 0. The molecule has 46 valence electrons. The van der Waals surface area contributed by atoms with Crippen molar-refractivity contribution in [2.45, 2.75) is 19.6 Å². The molecule has 0 spiro atoms. The smallest absolute Gasteiger partial charge is 1.00 e. The van der Waals surface area contributed by atoms with Gasteiger partial charge in [0.2, 0.25) is 0 Å². The van der Waals surface area contributed by atoms with E-state index >= 15 is 0 Å². The van der Waals surface area contributed by atoms with Gasteiger partial charge in [-0.05, 0) is 7.05 Å². The van der Waals surface area contributed by atoms with E-state index in [1.807, 2.05) is 0 Å². The minimum Gasteiger partial charge on any atom is -1.00 e. The summed E-state index contributed by atoms with van der Waals surface area (Å²) in [5.74, 6) is 0. The third kappa shape index (κ3) is 5.13. The second kappa shape index (κ2) is 3.91. The Bertz CT molecular complexity index is 64.1. The van der Waals surface area contributed by atoms with Gasteiger partial charge in [-0.15, -0.1) is 0 Å². The molecule has 8 heavy (non-hydrogen) atoms. The van der Waals surface area contributed by atoms with Crippen LogP contribution in [0.4, 0.5) is 0 Å². The van der Waals surface area contributed by atoms with Crippen molar-refractivity contribution in [1.29, 1.82) is 0 Å². The Balaban J connectivity index is -0.000000180. The van der Waals surface area contributed by atoms with E-state index in [9.17, 15) is 0 Å². The maximum absolute atomic E-state index is 2.47. The van der Waals surface area contributed by atoms with Crippen LogP contribution in [0, 0.1) is 0 Å². The summed E-state index contributed by atoms with van der Waals surface area (Å²) in [6.07, 6.45) is 0. The summed E-state index contributed by atoms with van der Waals surface area (Å²) >= 11 is 0. The van der Waals surface area contributed by atoms with Crippen molar-refractivity contribution in [3.05, 3.63) is 0 Å². The van der Waals surface area contributed by atoms with Crippen molar-refractivity contribution in [2.24, 2.45) is 0 Å². The molecular weight excluding hydrogens is 125 g/mol. The van der Waals surface area contributed by atoms with Gasteiger partial charge in [0.25, 0.3) is 0 Å². The molecule has 0 unspecified atom stereocenters. The molecule has 0 aliphatic rings. The predicted molar refractivity (Wildman–Crippen MR) is 42.2 cm³/mol. The zero-order valence-electron chi connectivity index (χ0n) is 7.95. The molecule has 4 heteroatoms. The Labute approximate surface area is 70.1 Å². The summed E-state index contributed by atoms with van der Waals surface area (Å²) < 4.78 is 2.47. The van der Waals surface area contributed by atoms with Gasteiger partial charge in [-0.3, -0.25) is 0 Å². The second-order valence-corrected chi connectivity index (χ2v) is 10.5. The Morgan fingerprint density at radius 1 is 1.38 bits per heavy atom. The van der Waals surface area contributed by atoms with Crippen LogP contribution >= 0.6 is 0 Å². The molecule has 0 aromatic carbocycles. The monoisotopic (exact) mass is 141 g/mol. The SMILES string of the molecule is CN([SiH3])[Si](C)(C)C.[H-].[Li+]. The molecule has 0 aliphatic heterocycles. The summed E-state index contributed by atoms with van der Waals surface area (Å²) in [7, 11) is 2.59. The van der Waals surface area contributed by atoms with Gasteiger partial charge in [0.05, 0.1) is 10.4 Å². The molecule has 0 amide bonds. The van der Waals surface area contributed by atoms with Crippen molar-refractivity contribution < 1.29 is 20.3 Å². The molecule has 0 aromatic heterocycles. The first-order chi connectivity index (χ1) is 2.94. The van der Waals surface area contributed by atoms with Crippen LogP contribution in [0.15, 0.2) is 0 Å². The van der Waals surface area contributed by atoms with E-state index in [0.29, 0.717) is 0 Å². The van der Waals surface area contributed by atoms with Crippen LogP contribution in [0.25, 0.3) is 0 Å². The van der Waals surface area contributed by atoms with Gasteiger partial charge in [0.15, 0.2) is 0 Å². The molecule has 0 saturated carbocycles. The van der Waals surface area contributed by atoms with Gasteiger partial charge >= 0.3 is 18.9 Å². The van der Waals surface area contributed by atoms with Gasteiger partial charge < -0.3 is 5.66 Å². The quantitative estimate of drug-likeness (QED) is 0.355. The molecule has 0 aromatic rings. The molecule has 0 saturated heterocycles.